The highest BCUT2D eigenvalue weighted by Gasteiger charge is 2.40. The third-order valence-electron chi connectivity index (χ3n) is 1.48. The Morgan fingerprint density at radius 2 is 1.90 bits per heavy atom. The van der Waals surface area contributed by atoms with Crippen molar-refractivity contribution in [3.63, 3.8) is 0 Å². The van der Waals surface area contributed by atoms with Gasteiger partial charge in [0.05, 0.1) is 6.61 Å². The van der Waals surface area contributed by atoms with Gasteiger partial charge in [0, 0.05) is 0 Å². The molecule has 1 aliphatic rings. The maximum Gasteiger partial charge on any atom is 0.137 e. The summed E-state index contributed by atoms with van der Waals surface area (Å²) < 4.78 is 4.56. The topological polar surface area (TPSA) is 69.9 Å². The van der Waals surface area contributed by atoms with Crippen LogP contribution in [0.15, 0.2) is 0 Å². The molecule has 1 aliphatic heterocycles. The normalized spacial score (nSPS) is 48.0. The van der Waals surface area contributed by atoms with Crippen LogP contribution in [0.25, 0.3) is 0 Å². The predicted molar refractivity (Wildman–Crippen MR) is 41.8 cm³/mol. The molecular weight excluding hydrogens is 251 g/mol. The van der Waals surface area contributed by atoms with Crippen molar-refractivity contribution in [1.29, 1.82) is 0 Å². The van der Waals surface area contributed by atoms with Gasteiger partial charge in [-0.25, -0.2) is 0 Å². The van der Waals surface area contributed by atoms with E-state index in [1.807, 2.05) is 22.6 Å². The highest BCUT2D eigenvalue weighted by Crippen LogP contribution is 2.24. The van der Waals surface area contributed by atoms with Gasteiger partial charge in [-0.1, -0.05) is 0 Å². The molecule has 60 valence electrons. The highest BCUT2D eigenvalue weighted by atomic mass is 127. The maximum absolute atomic E-state index is 9.09. The van der Waals surface area contributed by atoms with Gasteiger partial charge < -0.3 is 20.1 Å². The van der Waals surface area contributed by atoms with Crippen LogP contribution in [0, 0.1) is 0 Å². The average Bonchev–Trinajstić information content (AvgIpc) is 2.17. The Labute approximate surface area is 72.0 Å². The van der Waals surface area contributed by atoms with E-state index >= 15 is 0 Å². The number of ether oxygens (including phenoxy) is 1. The molecule has 0 aliphatic carbocycles. The van der Waals surface area contributed by atoms with Crippen molar-refractivity contribution in [2.24, 2.45) is 0 Å². The molecule has 0 bridgehead atoms. The summed E-state index contributed by atoms with van der Waals surface area (Å²) in [6, 6.07) is 0. The quantitative estimate of drug-likeness (QED) is 0.412. The number of hydrogen-bond acceptors (Lipinski definition) is 4. The van der Waals surface area contributed by atoms with Crippen molar-refractivity contribution in [3.8, 4) is 0 Å². The molecule has 1 heterocycles. The molecule has 5 heteroatoms. The van der Waals surface area contributed by atoms with Crippen molar-refractivity contribution < 1.29 is 20.1 Å². The molecule has 4 nitrogen and oxygen atoms in total. The van der Waals surface area contributed by atoms with Gasteiger partial charge in [-0.05, 0) is 22.6 Å². The lowest BCUT2D eigenvalue weighted by Gasteiger charge is -2.09. The molecule has 0 amide bonds. The third kappa shape index (κ3) is 1.42. The number of aliphatic hydroxyl groups is 3. The monoisotopic (exact) mass is 260 g/mol. The molecule has 0 saturated carbocycles. The van der Waals surface area contributed by atoms with Gasteiger partial charge >= 0.3 is 0 Å². The Bertz CT molecular complexity index is 120. The second-order valence-electron chi connectivity index (χ2n) is 2.19. The SMILES string of the molecule is OC[C@H]1OC(I)C(O)C1O. The smallest absolute Gasteiger partial charge is 0.137 e. The van der Waals surface area contributed by atoms with Gasteiger partial charge in [0.15, 0.2) is 0 Å². The molecule has 0 aromatic heterocycles. The number of aliphatic hydroxyl groups excluding tert-OH is 3. The molecular formula is C5H9IO4. The van der Waals surface area contributed by atoms with Crippen molar-refractivity contribution in [2.45, 2.75) is 22.4 Å². The molecule has 1 rings (SSSR count). The van der Waals surface area contributed by atoms with E-state index in [-0.39, 0.29) is 6.61 Å². The van der Waals surface area contributed by atoms with Gasteiger partial charge in [0.2, 0.25) is 0 Å². The van der Waals surface area contributed by atoms with E-state index < -0.39 is 22.4 Å². The zero-order chi connectivity index (χ0) is 7.72. The predicted octanol–water partition coefficient (Wildman–Crippen LogP) is -1.14. The van der Waals surface area contributed by atoms with Gasteiger partial charge in [-0.2, -0.15) is 0 Å². The maximum atomic E-state index is 9.09. The molecule has 0 aromatic rings. The minimum atomic E-state index is -0.952. The summed E-state index contributed by atoms with van der Waals surface area (Å²) in [7, 11) is 0. The van der Waals surface area contributed by atoms with E-state index in [0.29, 0.717) is 0 Å². The van der Waals surface area contributed by atoms with Crippen LogP contribution in [-0.4, -0.2) is 44.3 Å². The van der Waals surface area contributed by atoms with Crippen molar-refractivity contribution in [2.75, 3.05) is 6.61 Å². The standard InChI is InChI=1S/C5H9IO4/c6-5-4(9)3(8)2(1-7)10-5/h2-5,7-9H,1H2/t2-,3?,4?,5?/m1/s1. The lowest BCUT2D eigenvalue weighted by atomic mass is 10.2. The van der Waals surface area contributed by atoms with Crippen molar-refractivity contribution in [3.05, 3.63) is 0 Å². The first-order valence-electron chi connectivity index (χ1n) is 2.93. The fraction of sp³-hybridized carbons (Fsp3) is 1.00. The van der Waals surface area contributed by atoms with E-state index in [1.54, 1.807) is 0 Å². The summed E-state index contributed by atoms with van der Waals surface area (Å²) in [5.41, 5.74) is 0. The third-order valence-corrected chi connectivity index (χ3v) is 2.51. The van der Waals surface area contributed by atoms with Crippen LogP contribution in [0.5, 0.6) is 0 Å². The van der Waals surface area contributed by atoms with E-state index in [1.165, 1.54) is 0 Å². The van der Waals surface area contributed by atoms with Gasteiger partial charge in [-0.15, -0.1) is 0 Å². The van der Waals surface area contributed by atoms with Crippen LogP contribution < -0.4 is 0 Å². The second-order valence-corrected chi connectivity index (χ2v) is 3.42. The Hall–Kier alpha value is 0.570. The summed E-state index contributed by atoms with van der Waals surface area (Å²) in [6.07, 6.45) is -2.46. The summed E-state index contributed by atoms with van der Waals surface area (Å²) in [4.78, 5) is 0. The zero-order valence-corrected chi connectivity index (χ0v) is 7.30. The van der Waals surface area contributed by atoms with Gasteiger partial charge in [0.25, 0.3) is 0 Å². The Kier molecular flexibility index (Phi) is 2.87. The number of hydrogen-bond donors (Lipinski definition) is 3. The lowest BCUT2D eigenvalue weighted by Crippen LogP contribution is -2.32. The zero-order valence-electron chi connectivity index (χ0n) is 5.14. The second kappa shape index (κ2) is 3.31. The minimum Gasteiger partial charge on any atom is -0.394 e. The van der Waals surface area contributed by atoms with Crippen LogP contribution in [0.4, 0.5) is 0 Å². The molecule has 0 spiro atoms. The first-order chi connectivity index (χ1) is 4.66. The summed E-state index contributed by atoms with van der Waals surface area (Å²) in [6.45, 7) is -0.252. The Morgan fingerprint density at radius 3 is 2.10 bits per heavy atom. The molecule has 10 heavy (non-hydrogen) atoms. The molecule has 0 radical (unpaired) electrons. The molecule has 3 unspecified atom stereocenters. The largest absolute Gasteiger partial charge is 0.394 e. The van der Waals surface area contributed by atoms with Crippen molar-refractivity contribution in [1.82, 2.24) is 0 Å². The van der Waals surface area contributed by atoms with Crippen LogP contribution in [0.1, 0.15) is 0 Å². The minimum absolute atomic E-state index is 0.252. The van der Waals surface area contributed by atoms with Crippen molar-refractivity contribution >= 4 is 22.6 Å². The Morgan fingerprint density at radius 1 is 1.30 bits per heavy atom. The van der Waals surface area contributed by atoms with E-state index in [9.17, 15) is 0 Å². The van der Waals surface area contributed by atoms with Crippen LogP contribution in [0.2, 0.25) is 0 Å². The van der Waals surface area contributed by atoms with Crippen LogP contribution in [-0.2, 0) is 4.74 Å². The van der Waals surface area contributed by atoms with E-state index in [2.05, 4.69) is 0 Å². The fourth-order valence-electron chi connectivity index (χ4n) is 0.854. The highest BCUT2D eigenvalue weighted by molar-refractivity contribution is 14.1. The van der Waals surface area contributed by atoms with E-state index in [4.69, 9.17) is 20.1 Å². The fourth-order valence-corrected chi connectivity index (χ4v) is 1.66. The first kappa shape index (κ1) is 8.66. The number of alkyl halides is 1. The molecule has 3 N–H and O–H groups in total. The number of rotatable bonds is 1. The molecule has 1 saturated heterocycles. The Balaban J connectivity index is 2.53. The molecule has 4 atom stereocenters. The van der Waals surface area contributed by atoms with E-state index in [0.717, 1.165) is 0 Å². The van der Waals surface area contributed by atoms with Gasteiger partial charge in [-0.3, -0.25) is 0 Å². The summed E-state index contributed by atoms with van der Waals surface area (Å²) in [5.74, 6) is 0. The summed E-state index contributed by atoms with van der Waals surface area (Å²) in [5, 5.41) is 26.7. The summed E-state index contributed by atoms with van der Waals surface area (Å²) >= 11 is 1.87. The lowest BCUT2D eigenvalue weighted by molar-refractivity contribution is -0.00699. The molecule has 0 aromatic carbocycles. The first-order valence-corrected chi connectivity index (χ1v) is 4.18. The van der Waals surface area contributed by atoms with Crippen LogP contribution in [0.3, 0.4) is 0 Å². The van der Waals surface area contributed by atoms with Gasteiger partial charge in [0.1, 0.15) is 22.4 Å². The number of halogens is 1. The van der Waals surface area contributed by atoms with Crippen LogP contribution >= 0.6 is 22.6 Å². The average molecular weight is 260 g/mol. The molecule has 1 fully saturated rings.